The molecular formula is C19H19N3O2. The van der Waals surface area contributed by atoms with Crippen LogP contribution in [0.2, 0.25) is 0 Å². The fourth-order valence-corrected chi connectivity index (χ4v) is 2.50. The largest absolute Gasteiger partial charge is 0.354 e. The number of para-hydroxylation sites is 1. The first-order chi connectivity index (χ1) is 11.7. The first kappa shape index (κ1) is 15.8. The molecule has 0 bridgehead atoms. The minimum absolute atomic E-state index is 0.0387. The second-order valence-electron chi connectivity index (χ2n) is 5.54. The fourth-order valence-electron chi connectivity index (χ4n) is 2.50. The van der Waals surface area contributed by atoms with Crippen LogP contribution in [0.3, 0.4) is 0 Å². The number of amides is 2. The van der Waals surface area contributed by atoms with Crippen LogP contribution in [-0.4, -0.2) is 29.9 Å². The quantitative estimate of drug-likeness (QED) is 0.651. The van der Waals surface area contributed by atoms with Crippen LogP contribution in [0.15, 0.2) is 60.7 Å². The second-order valence-corrected chi connectivity index (χ2v) is 5.54. The molecule has 5 heteroatoms. The third kappa shape index (κ3) is 4.01. The molecule has 0 atom stereocenters. The molecule has 3 aromatic rings. The topological polar surface area (TPSA) is 74.0 Å². The molecule has 3 N–H and O–H groups in total. The molecule has 0 aliphatic heterocycles. The number of H-pyrrole nitrogens is 1. The Morgan fingerprint density at radius 3 is 2.46 bits per heavy atom. The van der Waals surface area contributed by atoms with Crippen molar-refractivity contribution in [2.45, 2.75) is 6.42 Å². The predicted octanol–water partition coefficient (Wildman–Crippen LogP) is 2.26. The van der Waals surface area contributed by atoms with Gasteiger partial charge in [-0.1, -0.05) is 48.5 Å². The smallest absolute Gasteiger partial charge is 0.268 e. The van der Waals surface area contributed by atoms with Gasteiger partial charge in [0.05, 0.1) is 6.54 Å². The van der Waals surface area contributed by atoms with Crippen molar-refractivity contribution in [3.05, 3.63) is 71.9 Å². The molecule has 122 valence electrons. The Kier molecular flexibility index (Phi) is 4.91. The van der Waals surface area contributed by atoms with Crippen LogP contribution in [0.1, 0.15) is 16.1 Å². The Labute approximate surface area is 140 Å². The van der Waals surface area contributed by atoms with E-state index in [2.05, 4.69) is 15.6 Å². The molecule has 0 spiro atoms. The maximum atomic E-state index is 12.1. The van der Waals surface area contributed by atoms with E-state index in [0.29, 0.717) is 12.2 Å². The van der Waals surface area contributed by atoms with Crippen molar-refractivity contribution in [2.24, 2.45) is 0 Å². The minimum atomic E-state index is -0.288. The number of benzene rings is 2. The maximum Gasteiger partial charge on any atom is 0.268 e. The Balaban J connectivity index is 1.44. The van der Waals surface area contributed by atoms with Crippen molar-refractivity contribution in [3.63, 3.8) is 0 Å². The lowest BCUT2D eigenvalue weighted by Crippen LogP contribution is -2.37. The summed E-state index contributed by atoms with van der Waals surface area (Å²) in [5.74, 6) is -0.486. The lowest BCUT2D eigenvalue weighted by molar-refractivity contribution is -0.120. The van der Waals surface area contributed by atoms with Gasteiger partial charge in [-0.2, -0.15) is 0 Å². The molecule has 0 saturated carbocycles. The molecule has 2 amide bonds. The zero-order valence-electron chi connectivity index (χ0n) is 13.2. The summed E-state index contributed by atoms with van der Waals surface area (Å²) >= 11 is 0. The third-order valence-electron chi connectivity index (χ3n) is 3.76. The van der Waals surface area contributed by atoms with Gasteiger partial charge in [-0.25, -0.2) is 0 Å². The van der Waals surface area contributed by atoms with Crippen LogP contribution in [0.25, 0.3) is 10.9 Å². The van der Waals surface area contributed by atoms with Crippen LogP contribution in [0, 0.1) is 0 Å². The van der Waals surface area contributed by atoms with Crippen molar-refractivity contribution < 1.29 is 9.59 Å². The summed E-state index contributed by atoms with van der Waals surface area (Å²) in [6.45, 7) is 0.508. The van der Waals surface area contributed by atoms with E-state index in [9.17, 15) is 9.59 Å². The summed E-state index contributed by atoms with van der Waals surface area (Å²) in [5, 5.41) is 6.39. The summed E-state index contributed by atoms with van der Waals surface area (Å²) in [6, 6.07) is 19.4. The minimum Gasteiger partial charge on any atom is -0.354 e. The number of rotatable bonds is 6. The second kappa shape index (κ2) is 7.46. The SMILES string of the molecule is O=C(CNC(=O)c1cc2ccccc2[nH]1)NCCc1ccccc1. The molecular weight excluding hydrogens is 302 g/mol. The van der Waals surface area contributed by atoms with Gasteiger partial charge in [0.25, 0.3) is 5.91 Å². The Morgan fingerprint density at radius 1 is 0.917 bits per heavy atom. The zero-order chi connectivity index (χ0) is 16.8. The number of carbonyl (C=O) groups is 2. The van der Waals surface area contributed by atoms with Gasteiger partial charge in [0, 0.05) is 17.4 Å². The van der Waals surface area contributed by atoms with E-state index in [1.807, 2.05) is 54.6 Å². The van der Waals surface area contributed by atoms with E-state index in [0.717, 1.165) is 17.3 Å². The molecule has 0 radical (unpaired) electrons. The highest BCUT2D eigenvalue weighted by Crippen LogP contribution is 2.14. The highest BCUT2D eigenvalue weighted by molar-refractivity contribution is 5.99. The van der Waals surface area contributed by atoms with Crippen molar-refractivity contribution in [1.82, 2.24) is 15.6 Å². The van der Waals surface area contributed by atoms with Gasteiger partial charge in [0.1, 0.15) is 5.69 Å². The summed E-state index contributed by atoms with van der Waals surface area (Å²) < 4.78 is 0. The highest BCUT2D eigenvalue weighted by Gasteiger charge is 2.10. The number of hydrogen-bond acceptors (Lipinski definition) is 2. The third-order valence-corrected chi connectivity index (χ3v) is 3.76. The van der Waals surface area contributed by atoms with Crippen LogP contribution in [-0.2, 0) is 11.2 Å². The Morgan fingerprint density at radius 2 is 1.67 bits per heavy atom. The van der Waals surface area contributed by atoms with Crippen molar-refractivity contribution in [3.8, 4) is 0 Å². The van der Waals surface area contributed by atoms with Gasteiger partial charge < -0.3 is 15.6 Å². The molecule has 24 heavy (non-hydrogen) atoms. The maximum absolute atomic E-state index is 12.1. The van der Waals surface area contributed by atoms with E-state index >= 15 is 0 Å². The van der Waals surface area contributed by atoms with Crippen LogP contribution in [0.4, 0.5) is 0 Å². The van der Waals surface area contributed by atoms with Crippen LogP contribution < -0.4 is 10.6 Å². The average Bonchev–Trinajstić information content (AvgIpc) is 3.05. The van der Waals surface area contributed by atoms with Crippen LogP contribution in [0.5, 0.6) is 0 Å². The molecule has 0 aliphatic carbocycles. The van der Waals surface area contributed by atoms with E-state index in [1.54, 1.807) is 6.07 Å². The Bertz CT molecular complexity index is 807. The number of carbonyl (C=O) groups excluding carboxylic acids is 2. The van der Waals surface area contributed by atoms with Gasteiger partial charge in [0.15, 0.2) is 0 Å². The molecule has 0 unspecified atom stereocenters. The molecule has 0 fully saturated rings. The number of aromatic nitrogens is 1. The van der Waals surface area contributed by atoms with Crippen LogP contribution >= 0.6 is 0 Å². The van der Waals surface area contributed by atoms with E-state index in [4.69, 9.17) is 0 Å². The summed E-state index contributed by atoms with van der Waals surface area (Å²) in [5.41, 5.74) is 2.52. The number of hydrogen-bond donors (Lipinski definition) is 3. The molecule has 1 aromatic heterocycles. The van der Waals surface area contributed by atoms with Gasteiger partial charge >= 0.3 is 0 Å². The highest BCUT2D eigenvalue weighted by atomic mass is 16.2. The van der Waals surface area contributed by atoms with Gasteiger partial charge in [0.2, 0.25) is 5.91 Å². The first-order valence-corrected chi connectivity index (χ1v) is 7.89. The average molecular weight is 321 g/mol. The summed E-state index contributed by atoms with van der Waals surface area (Å²) in [6.07, 6.45) is 0.766. The molecule has 0 saturated heterocycles. The van der Waals surface area contributed by atoms with Gasteiger partial charge in [-0.15, -0.1) is 0 Å². The normalized spacial score (nSPS) is 10.5. The summed E-state index contributed by atoms with van der Waals surface area (Å²) in [4.78, 5) is 26.9. The predicted molar refractivity (Wildman–Crippen MR) is 93.8 cm³/mol. The summed E-state index contributed by atoms with van der Waals surface area (Å²) in [7, 11) is 0. The van der Waals surface area contributed by atoms with Crippen molar-refractivity contribution in [1.29, 1.82) is 0 Å². The monoisotopic (exact) mass is 321 g/mol. The number of nitrogens with one attached hydrogen (secondary N) is 3. The standard InChI is InChI=1S/C19H19N3O2/c23-18(20-11-10-14-6-2-1-3-7-14)13-21-19(24)17-12-15-8-4-5-9-16(15)22-17/h1-9,12,22H,10-11,13H2,(H,20,23)(H,21,24). The lowest BCUT2D eigenvalue weighted by Gasteiger charge is -2.06. The molecule has 2 aromatic carbocycles. The Hall–Kier alpha value is -3.08. The first-order valence-electron chi connectivity index (χ1n) is 7.89. The molecule has 1 heterocycles. The molecule has 5 nitrogen and oxygen atoms in total. The fraction of sp³-hybridized carbons (Fsp3) is 0.158. The van der Waals surface area contributed by atoms with E-state index < -0.39 is 0 Å². The molecule has 3 rings (SSSR count). The number of aromatic amines is 1. The van der Waals surface area contributed by atoms with Crippen molar-refractivity contribution >= 4 is 22.7 Å². The zero-order valence-corrected chi connectivity index (χ0v) is 13.2. The molecule has 0 aliphatic rings. The van der Waals surface area contributed by atoms with E-state index in [1.165, 1.54) is 5.56 Å². The van der Waals surface area contributed by atoms with E-state index in [-0.39, 0.29) is 18.4 Å². The number of fused-ring (bicyclic) bond motifs is 1. The van der Waals surface area contributed by atoms with Crippen molar-refractivity contribution in [2.75, 3.05) is 13.1 Å². The van der Waals surface area contributed by atoms with Gasteiger partial charge in [-0.05, 0) is 24.1 Å². The van der Waals surface area contributed by atoms with Gasteiger partial charge in [-0.3, -0.25) is 9.59 Å². The lowest BCUT2D eigenvalue weighted by atomic mass is 10.1.